The fourth-order valence-electron chi connectivity index (χ4n) is 7.92. The van der Waals surface area contributed by atoms with E-state index in [1.54, 1.807) is 0 Å². The quantitative estimate of drug-likeness (QED) is 0.409. The predicted molar refractivity (Wildman–Crippen MR) is 124 cm³/mol. The largest absolute Gasteiger partial charge is 0.418 e. The van der Waals surface area contributed by atoms with Gasteiger partial charge in [-0.25, -0.2) is 0 Å². The first-order valence-corrected chi connectivity index (χ1v) is 12.7. The Morgan fingerprint density at radius 1 is 1.00 bits per heavy atom. The normalized spacial score (nSPS) is 35.6. The monoisotopic (exact) mass is 528 g/mol. The number of carbonyl (C=O) groups is 2. The molecule has 37 heavy (non-hydrogen) atoms. The molecule has 1 aromatic carbocycles. The minimum atomic E-state index is -4.91. The maximum absolute atomic E-state index is 13.6. The van der Waals surface area contributed by atoms with Gasteiger partial charge in [0.1, 0.15) is 0 Å². The molecule has 0 bridgehead atoms. The predicted octanol–water partition coefficient (Wildman–Crippen LogP) is 6.93. The Morgan fingerprint density at radius 3 is 2.41 bits per heavy atom. The first-order chi connectivity index (χ1) is 17.1. The molecule has 0 spiro atoms. The fraction of sp³-hybridized carbons (Fsp3) is 0.630. The van der Waals surface area contributed by atoms with Crippen molar-refractivity contribution in [3.8, 4) is 0 Å². The van der Waals surface area contributed by atoms with Crippen molar-refractivity contribution >= 4 is 17.5 Å². The van der Waals surface area contributed by atoms with E-state index in [0.29, 0.717) is 43.4 Å². The van der Waals surface area contributed by atoms with Gasteiger partial charge in [-0.3, -0.25) is 9.59 Å². The molecule has 2 amide bonds. The SMILES string of the molecule is C[C@]12CCC(=O)NC1=CC[C@@H]1[C@@H]2CC[C@]2(C)C(C(=O)Nc3cc(C(F)(F)F)ccc3C(F)(F)F)CC[C@@H]12. The molecule has 5 rings (SSSR count). The van der Waals surface area contributed by atoms with Crippen LogP contribution in [0.1, 0.15) is 69.9 Å². The summed E-state index contributed by atoms with van der Waals surface area (Å²) in [6.07, 6.45) is -2.95. The van der Waals surface area contributed by atoms with Gasteiger partial charge in [0.2, 0.25) is 11.8 Å². The van der Waals surface area contributed by atoms with E-state index in [4.69, 9.17) is 0 Å². The number of carbonyl (C=O) groups excluding carboxylic acids is 2. The lowest BCUT2D eigenvalue weighted by Crippen LogP contribution is -2.53. The zero-order valence-electron chi connectivity index (χ0n) is 20.7. The van der Waals surface area contributed by atoms with Crippen LogP contribution in [0.5, 0.6) is 0 Å². The Kier molecular flexibility index (Phi) is 5.99. The lowest BCUT2D eigenvalue weighted by atomic mass is 9.49. The molecule has 0 radical (unpaired) electrons. The van der Waals surface area contributed by atoms with Crippen LogP contribution >= 0.6 is 0 Å². The van der Waals surface area contributed by atoms with Crippen LogP contribution in [0, 0.1) is 34.5 Å². The van der Waals surface area contributed by atoms with Gasteiger partial charge < -0.3 is 10.6 Å². The molecule has 1 aliphatic heterocycles. The summed E-state index contributed by atoms with van der Waals surface area (Å²) in [5, 5.41) is 5.28. The van der Waals surface area contributed by atoms with Crippen molar-refractivity contribution in [3.63, 3.8) is 0 Å². The Bertz CT molecular complexity index is 1160. The Balaban J connectivity index is 1.40. The van der Waals surface area contributed by atoms with Crippen molar-refractivity contribution in [2.45, 2.75) is 71.1 Å². The smallest absolute Gasteiger partial charge is 0.330 e. The van der Waals surface area contributed by atoms with Gasteiger partial charge in [0, 0.05) is 23.5 Å². The van der Waals surface area contributed by atoms with Crippen LogP contribution in [-0.2, 0) is 21.9 Å². The number of halogens is 6. The third-order valence-corrected chi connectivity index (χ3v) is 9.84. The average molecular weight is 529 g/mol. The summed E-state index contributed by atoms with van der Waals surface area (Å²) in [4.78, 5) is 25.3. The molecule has 1 unspecified atom stereocenters. The van der Waals surface area contributed by atoms with Crippen molar-refractivity contribution in [1.82, 2.24) is 5.32 Å². The summed E-state index contributed by atoms with van der Waals surface area (Å²) in [7, 11) is 0. The van der Waals surface area contributed by atoms with Gasteiger partial charge in [0.15, 0.2) is 0 Å². The van der Waals surface area contributed by atoms with E-state index in [1.807, 2.05) is 6.92 Å². The number of nitrogens with one attached hydrogen (secondary N) is 2. The number of allylic oxidation sites excluding steroid dienone is 2. The molecule has 1 heterocycles. The highest BCUT2D eigenvalue weighted by Crippen LogP contribution is 2.65. The second kappa shape index (κ2) is 8.50. The highest BCUT2D eigenvalue weighted by Gasteiger charge is 2.60. The Hall–Kier alpha value is -2.52. The number of piperidine rings is 1. The summed E-state index contributed by atoms with van der Waals surface area (Å²) >= 11 is 0. The molecule has 2 N–H and O–H groups in total. The molecule has 3 fully saturated rings. The van der Waals surface area contributed by atoms with Crippen molar-refractivity contribution in [3.05, 3.63) is 41.1 Å². The van der Waals surface area contributed by atoms with E-state index in [0.717, 1.165) is 31.4 Å². The lowest BCUT2D eigenvalue weighted by molar-refractivity contribution is -0.141. The number of alkyl halides is 6. The van der Waals surface area contributed by atoms with Gasteiger partial charge in [-0.15, -0.1) is 0 Å². The van der Waals surface area contributed by atoms with Crippen LogP contribution in [0.4, 0.5) is 32.0 Å². The van der Waals surface area contributed by atoms with Crippen LogP contribution in [0.3, 0.4) is 0 Å². The van der Waals surface area contributed by atoms with Gasteiger partial charge >= 0.3 is 12.4 Å². The maximum atomic E-state index is 13.6. The summed E-state index contributed by atoms with van der Waals surface area (Å²) < 4.78 is 80.4. The third-order valence-electron chi connectivity index (χ3n) is 9.84. The number of hydrogen-bond donors (Lipinski definition) is 2. The molecule has 1 aromatic rings. The second-order valence-electron chi connectivity index (χ2n) is 11.6. The molecule has 3 aliphatic carbocycles. The van der Waals surface area contributed by atoms with Crippen LogP contribution in [0.25, 0.3) is 0 Å². The molecule has 202 valence electrons. The molecular weight excluding hydrogens is 498 g/mol. The fourth-order valence-corrected chi connectivity index (χ4v) is 7.92. The highest BCUT2D eigenvalue weighted by atomic mass is 19.4. The number of rotatable bonds is 2. The zero-order valence-corrected chi connectivity index (χ0v) is 20.7. The van der Waals surface area contributed by atoms with Gasteiger partial charge in [0.25, 0.3) is 0 Å². The number of anilines is 1. The molecule has 1 saturated heterocycles. The number of fused-ring (bicyclic) bond motifs is 5. The van der Waals surface area contributed by atoms with Crippen molar-refractivity contribution < 1.29 is 35.9 Å². The molecule has 2 saturated carbocycles. The molecule has 4 aliphatic rings. The van der Waals surface area contributed by atoms with E-state index in [9.17, 15) is 35.9 Å². The molecular formula is C27H30F6N2O2. The van der Waals surface area contributed by atoms with Gasteiger partial charge in [0.05, 0.1) is 16.8 Å². The molecule has 6 atom stereocenters. The van der Waals surface area contributed by atoms with Crippen LogP contribution in [0.15, 0.2) is 30.0 Å². The van der Waals surface area contributed by atoms with Crippen molar-refractivity contribution in [1.29, 1.82) is 0 Å². The van der Waals surface area contributed by atoms with Crippen LogP contribution in [0.2, 0.25) is 0 Å². The standard InChI is InChI=1S/C27H30F6N2O2/c1-24-11-9-17-15(4-8-21-25(17,2)12-10-22(36)35-21)16(24)6-7-19(24)23(37)34-20-13-14(26(28,29)30)3-5-18(20)27(31,32)33/h3,5,8,13,15-17,19H,4,6-7,9-12H2,1-2H3,(H,34,37)(H,35,36)/t15-,16-,17-,19?,24-,25+/m0/s1. The summed E-state index contributed by atoms with van der Waals surface area (Å²) in [5.41, 5.74) is -3.05. The number of hydrogen-bond acceptors (Lipinski definition) is 2. The van der Waals surface area contributed by atoms with E-state index >= 15 is 0 Å². The summed E-state index contributed by atoms with van der Waals surface area (Å²) in [6, 6.07) is 1.13. The van der Waals surface area contributed by atoms with Crippen LogP contribution < -0.4 is 10.6 Å². The minimum Gasteiger partial charge on any atom is -0.330 e. The zero-order chi connectivity index (χ0) is 27.0. The Labute approximate surface area is 211 Å². The van der Waals surface area contributed by atoms with Gasteiger partial charge in [-0.2, -0.15) is 26.3 Å². The van der Waals surface area contributed by atoms with Crippen LogP contribution in [-0.4, -0.2) is 11.8 Å². The second-order valence-corrected chi connectivity index (χ2v) is 11.6. The lowest BCUT2D eigenvalue weighted by Gasteiger charge is -2.57. The number of benzene rings is 1. The number of amides is 2. The molecule has 4 nitrogen and oxygen atoms in total. The van der Waals surface area contributed by atoms with E-state index in [2.05, 4.69) is 23.6 Å². The molecule has 10 heteroatoms. The maximum Gasteiger partial charge on any atom is 0.418 e. The summed E-state index contributed by atoms with van der Waals surface area (Å²) in [6.45, 7) is 4.19. The first-order valence-electron chi connectivity index (χ1n) is 12.7. The summed E-state index contributed by atoms with van der Waals surface area (Å²) in [5.74, 6) is -0.464. The third kappa shape index (κ3) is 4.24. The van der Waals surface area contributed by atoms with E-state index in [-0.39, 0.29) is 23.2 Å². The van der Waals surface area contributed by atoms with Crippen molar-refractivity contribution in [2.75, 3.05) is 5.32 Å². The van der Waals surface area contributed by atoms with Gasteiger partial charge in [-0.1, -0.05) is 19.9 Å². The van der Waals surface area contributed by atoms with Crippen molar-refractivity contribution in [2.24, 2.45) is 34.5 Å². The molecule has 0 aromatic heterocycles. The highest BCUT2D eigenvalue weighted by molar-refractivity contribution is 5.94. The van der Waals surface area contributed by atoms with Gasteiger partial charge in [-0.05, 0) is 79.9 Å². The first kappa shape index (κ1) is 26.1. The average Bonchev–Trinajstić information content (AvgIpc) is 3.15. The Morgan fingerprint density at radius 2 is 1.73 bits per heavy atom. The van der Waals surface area contributed by atoms with E-state index < -0.39 is 46.4 Å². The minimum absolute atomic E-state index is 0.0215. The topological polar surface area (TPSA) is 58.2 Å². The van der Waals surface area contributed by atoms with E-state index in [1.165, 1.54) is 0 Å².